The van der Waals surface area contributed by atoms with Gasteiger partial charge >= 0.3 is 5.97 Å². The largest absolute Gasteiger partial charge is 0.497 e. The molecule has 0 saturated carbocycles. The standard InChI is InChI=1S/C23H25ClN2O6/c1-28-12-10-26(11-13-29-2)22-15-21(32-25-22)19-9-8-18(30-3)14-20(19)31-23(27)16-4-6-17(24)7-5-16/h4-9,14-15H,10-13H2,1-3H3. The summed E-state index contributed by atoms with van der Waals surface area (Å²) >= 11 is 5.90. The Labute approximate surface area is 191 Å². The Bertz CT molecular complexity index is 1010. The van der Waals surface area contributed by atoms with Crippen molar-refractivity contribution in [2.75, 3.05) is 52.5 Å². The molecule has 0 N–H and O–H groups in total. The summed E-state index contributed by atoms with van der Waals surface area (Å²) in [5, 5.41) is 4.71. The van der Waals surface area contributed by atoms with E-state index in [0.29, 0.717) is 59.8 Å². The van der Waals surface area contributed by atoms with E-state index in [4.69, 9.17) is 35.1 Å². The first kappa shape index (κ1) is 23.6. The van der Waals surface area contributed by atoms with E-state index in [2.05, 4.69) is 5.16 Å². The minimum absolute atomic E-state index is 0.285. The fourth-order valence-corrected chi connectivity index (χ4v) is 3.07. The van der Waals surface area contributed by atoms with E-state index >= 15 is 0 Å². The summed E-state index contributed by atoms with van der Waals surface area (Å²) in [4.78, 5) is 14.7. The van der Waals surface area contributed by atoms with E-state index in [1.807, 2.05) is 4.90 Å². The van der Waals surface area contributed by atoms with Crippen molar-refractivity contribution in [3.05, 3.63) is 59.1 Å². The van der Waals surface area contributed by atoms with Crippen molar-refractivity contribution >= 4 is 23.4 Å². The molecule has 0 bridgehead atoms. The summed E-state index contributed by atoms with van der Waals surface area (Å²) in [5.41, 5.74) is 0.928. The maximum Gasteiger partial charge on any atom is 0.343 e. The van der Waals surface area contributed by atoms with Crippen LogP contribution in [0.1, 0.15) is 10.4 Å². The third-order valence-corrected chi connectivity index (χ3v) is 4.94. The monoisotopic (exact) mass is 460 g/mol. The Morgan fingerprint density at radius 1 is 1.00 bits per heavy atom. The van der Waals surface area contributed by atoms with Crippen LogP contribution in [0, 0.1) is 0 Å². The van der Waals surface area contributed by atoms with Gasteiger partial charge in [0.1, 0.15) is 11.5 Å². The predicted molar refractivity (Wildman–Crippen MR) is 121 cm³/mol. The van der Waals surface area contributed by atoms with Crippen molar-refractivity contribution in [1.82, 2.24) is 5.16 Å². The highest BCUT2D eigenvalue weighted by atomic mass is 35.5. The molecule has 170 valence electrons. The molecule has 3 rings (SSSR count). The number of esters is 1. The molecule has 1 heterocycles. The highest BCUT2D eigenvalue weighted by Crippen LogP contribution is 2.35. The predicted octanol–water partition coefficient (Wildman–Crippen LogP) is 4.32. The van der Waals surface area contributed by atoms with Gasteiger partial charge in [0, 0.05) is 44.5 Å². The number of nitrogens with zero attached hydrogens (tertiary/aromatic N) is 2. The average molecular weight is 461 g/mol. The van der Waals surface area contributed by atoms with Crippen molar-refractivity contribution in [2.45, 2.75) is 0 Å². The molecule has 32 heavy (non-hydrogen) atoms. The zero-order valence-corrected chi connectivity index (χ0v) is 18.9. The first-order chi connectivity index (χ1) is 15.5. The lowest BCUT2D eigenvalue weighted by atomic mass is 10.1. The van der Waals surface area contributed by atoms with Gasteiger partial charge in [-0.15, -0.1) is 0 Å². The second-order valence-electron chi connectivity index (χ2n) is 6.78. The van der Waals surface area contributed by atoms with Crippen molar-refractivity contribution in [1.29, 1.82) is 0 Å². The number of rotatable bonds is 11. The van der Waals surface area contributed by atoms with Crippen LogP contribution in [-0.2, 0) is 9.47 Å². The molecule has 0 spiro atoms. The van der Waals surface area contributed by atoms with Crippen molar-refractivity contribution in [3.63, 3.8) is 0 Å². The van der Waals surface area contributed by atoms with E-state index in [-0.39, 0.29) is 5.75 Å². The Balaban J connectivity index is 1.89. The maximum absolute atomic E-state index is 12.7. The third-order valence-electron chi connectivity index (χ3n) is 4.69. The molecule has 0 atom stereocenters. The fourth-order valence-electron chi connectivity index (χ4n) is 2.95. The molecule has 1 aromatic heterocycles. The summed E-state index contributed by atoms with van der Waals surface area (Å²) in [6.07, 6.45) is 0. The molecular formula is C23H25ClN2O6. The van der Waals surface area contributed by atoms with Crippen LogP contribution in [0.3, 0.4) is 0 Å². The molecule has 0 aliphatic heterocycles. The van der Waals surface area contributed by atoms with E-state index in [0.717, 1.165) is 0 Å². The molecule has 0 unspecified atom stereocenters. The van der Waals surface area contributed by atoms with Crippen LogP contribution < -0.4 is 14.4 Å². The van der Waals surface area contributed by atoms with Crippen LogP contribution in [-0.4, -0.2) is 58.8 Å². The number of ether oxygens (including phenoxy) is 4. The van der Waals surface area contributed by atoms with E-state index in [1.54, 1.807) is 62.8 Å². The normalized spacial score (nSPS) is 10.8. The van der Waals surface area contributed by atoms with Crippen molar-refractivity contribution < 1.29 is 28.3 Å². The molecule has 2 aromatic carbocycles. The van der Waals surface area contributed by atoms with Crippen molar-refractivity contribution in [2.24, 2.45) is 0 Å². The highest BCUT2D eigenvalue weighted by Gasteiger charge is 2.19. The smallest absolute Gasteiger partial charge is 0.343 e. The van der Waals surface area contributed by atoms with Gasteiger partial charge in [-0.05, 0) is 36.4 Å². The van der Waals surface area contributed by atoms with Gasteiger partial charge in [0.05, 0.1) is 31.5 Å². The molecule has 0 amide bonds. The molecule has 0 fully saturated rings. The number of methoxy groups -OCH3 is 3. The lowest BCUT2D eigenvalue weighted by Crippen LogP contribution is -2.30. The molecule has 0 radical (unpaired) electrons. The maximum atomic E-state index is 12.7. The van der Waals surface area contributed by atoms with Gasteiger partial charge in [-0.3, -0.25) is 0 Å². The lowest BCUT2D eigenvalue weighted by Gasteiger charge is -2.20. The molecule has 0 aliphatic carbocycles. The second kappa shape index (κ2) is 11.5. The average Bonchev–Trinajstić information content (AvgIpc) is 3.29. The van der Waals surface area contributed by atoms with E-state index in [9.17, 15) is 4.79 Å². The van der Waals surface area contributed by atoms with Crippen LogP contribution in [0.5, 0.6) is 11.5 Å². The van der Waals surface area contributed by atoms with Crippen LogP contribution >= 0.6 is 11.6 Å². The quantitative estimate of drug-likeness (QED) is 0.309. The number of halogens is 1. The topological polar surface area (TPSA) is 83.3 Å². The number of aromatic nitrogens is 1. The zero-order chi connectivity index (χ0) is 22.9. The Morgan fingerprint density at radius 2 is 1.69 bits per heavy atom. The lowest BCUT2D eigenvalue weighted by molar-refractivity contribution is 0.0735. The third kappa shape index (κ3) is 6.00. The summed E-state index contributed by atoms with van der Waals surface area (Å²) in [6, 6.07) is 13.4. The number of hydrogen-bond donors (Lipinski definition) is 0. The number of carbonyl (C=O) groups is 1. The Kier molecular flexibility index (Phi) is 8.49. The molecule has 9 heteroatoms. The van der Waals surface area contributed by atoms with Gasteiger partial charge in [0.25, 0.3) is 0 Å². The van der Waals surface area contributed by atoms with Gasteiger partial charge in [0.2, 0.25) is 0 Å². The van der Waals surface area contributed by atoms with Crippen molar-refractivity contribution in [3.8, 4) is 22.8 Å². The molecule has 3 aromatic rings. The summed E-state index contributed by atoms with van der Waals surface area (Å²) < 4.78 is 26.9. The van der Waals surface area contributed by atoms with Crippen LogP contribution in [0.25, 0.3) is 11.3 Å². The van der Waals surface area contributed by atoms with Gasteiger partial charge in [-0.1, -0.05) is 16.8 Å². The van der Waals surface area contributed by atoms with Gasteiger partial charge in [-0.25, -0.2) is 4.79 Å². The van der Waals surface area contributed by atoms with Gasteiger partial charge in [0.15, 0.2) is 11.6 Å². The van der Waals surface area contributed by atoms with Gasteiger partial charge in [-0.2, -0.15) is 0 Å². The summed E-state index contributed by atoms with van der Waals surface area (Å²) in [7, 11) is 4.82. The van der Waals surface area contributed by atoms with Crippen LogP contribution in [0.4, 0.5) is 5.82 Å². The SMILES string of the molecule is COCCN(CCOC)c1cc(-c2ccc(OC)cc2OC(=O)c2ccc(Cl)cc2)on1. The number of carbonyl (C=O) groups excluding carboxylic acids is 1. The summed E-state index contributed by atoms with van der Waals surface area (Å²) in [6.45, 7) is 2.29. The molecule has 8 nitrogen and oxygen atoms in total. The van der Waals surface area contributed by atoms with Crippen LogP contribution in [0.15, 0.2) is 53.1 Å². The van der Waals surface area contributed by atoms with E-state index < -0.39 is 5.97 Å². The minimum atomic E-state index is -0.530. The molecular weight excluding hydrogens is 436 g/mol. The highest BCUT2D eigenvalue weighted by molar-refractivity contribution is 6.30. The number of hydrogen-bond acceptors (Lipinski definition) is 8. The number of benzene rings is 2. The zero-order valence-electron chi connectivity index (χ0n) is 18.2. The number of anilines is 1. The first-order valence-corrected chi connectivity index (χ1v) is 10.3. The Morgan fingerprint density at radius 3 is 2.31 bits per heavy atom. The van der Waals surface area contributed by atoms with Crippen LogP contribution in [0.2, 0.25) is 5.02 Å². The van der Waals surface area contributed by atoms with Gasteiger partial charge < -0.3 is 28.4 Å². The second-order valence-corrected chi connectivity index (χ2v) is 7.22. The van der Waals surface area contributed by atoms with E-state index in [1.165, 1.54) is 7.11 Å². The molecule has 0 aliphatic rings. The first-order valence-electron chi connectivity index (χ1n) is 9.91. The Hall–Kier alpha value is -3.07. The molecule has 0 saturated heterocycles. The minimum Gasteiger partial charge on any atom is -0.497 e. The summed E-state index contributed by atoms with van der Waals surface area (Å²) in [5.74, 6) is 1.36. The fraction of sp³-hybridized carbons (Fsp3) is 0.304.